The summed E-state index contributed by atoms with van der Waals surface area (Å²) in [6.45, 7) is 6.73. The summed E-state index contributed by atoms with van der Waals surface area (Å²) < 4.78 is 44.7. The zero-order chi connectivity index (χ0) is 24.6. The molecule has 3 rings (SSSR count). The number of para-hydroxylation sites is 1. The molecule has 9 heteroatoms. The van der Waals surface area contributed by atoms with Gasteiger partial charge in [0.25, 0.3) is 15.9 Å². The van der Waals surface area contributed by atoms with E-state index in [1.807, 2.05) is 20.8 Å². The summed E-state index contributed by atoms with van der Waals surface area (Å²) in [6, 6.07) is 17.7. The maximum absolute atomic E-state index is 12.9. The van der Waals surface area contributed by atoms with Crippen molar-refractivity contribution in [3.63, 3.8) is 0 Å². The normalized spacial score (nSPS) is 10.9. The number of anilines is 2. The van der Waals surface area contributed by atoms with E-state index in [2.05, 4.69) is 10.0 Å². The second-order valence-electron chi connectivity index (χ2n) is 7.05. The lowest BCUT2D eigenvalue weighted by atomic mass is 10.1. The topological polar surface area (TPSA) is 103 Å². The van der Waals surface area contributed by atoms with Gasteiger partial charge in [0.2, 0.25) is 5.75 Å². The van der Waals surface area contributed by atoms with Crippen LogP contribution in [0.15, 0.2) is 71.6 Å². The van der Waals surface area contributed by atoms with E-state index in [9.17, 15) is 13.2 Å². The summed E-state index contributed by atoms with van der Waals surface area (Å²) in [4.78, 5) is 13.0. The Hall–Kier alpha value is -3.72. The van der Waals surface area contributed by atoms with Gasteiger partial charge in [-0.05, 0) is 69.3 Å². The zero-order valence-corrected chi connectivity index (χ0v) is 20.1. The Labute approximate surface area is 199 Å². The van der Waals surface area contributed by atoms with Crippen molar-refractivity contribution < 1.29 is 27.4 Å². The van der Waals surface area contributed by atoms with Gasteiger partial charge in [-0.15, -0.1) is 0 Å². The molecule has 0 atom stereocenters. The third kappa shape index (κ3) is 6.20. The van der Waals surface area contributed by atoms with E-state index in [0.717, 1.165) is 0 Å². The van der Waals surface area contributed by atoms with Gasteiger partial charge in [0.05, 0.1) is 24.7 Å². The maximum atomic E-state index is 12.9. The second kappa shape index (κ2) is 11.4. The van der Waals surface area contributed by atoms with Gasteiger partial charge in [-0.1, -0.05) is 18.2 Å². The van der Waals surface area contributed by atoms with Gasteiger partial charge in [0, 0.05) is 16.9 Å². The molecule has 0 saturated heterocycles. The Morgan fingerprint density at radius 2 is 1.32 bits per heavy atom. The number of nitrogens with one attached hydrogen (secondary N) is 2. The SMILES string of the molecule is CCOc1cc(C(=O)Nc2ccc(S(=O)(=O)Nc3ccccc3)cc2)cc(OCC)c1OCC. The first-order valence-electron chi connectivity index (χ1n) is 10.9. The van der Waals surface area contributed by atoms with Crippen molar-refractivity contribution in [1.82, 2.24) is 0 Å². The number of amides is 1. The van der Waals surface area contributed by atoms with Crippen LogP contribution in [0.25, 0.3) is 0 Å². The maximum Gasteiger partial charge on any atom is 0.261 e. The van der Waals surface area contributed by atoms with Crippen molar-refractivity contribution in [1.29, 1.82) is 0 Å². The second-order valence-corrected chi connectivity index (χ2v) is 8.73. The smallest absolute Gasteiger partial charge is 0.261 e. The van der Waals surface area contributed by atoms with Gasteiger partial charge in [-0.25, -0.2) is 8.42 Å². The average molecular weight is 485 g/mol. The fourth-order valence-corrected chi connectivity index (χ4v) is 4.22. The first-order chi connectivity index (χ1) is 16.4. The number of hydrogen-bond acceptors (Lipinski definition) is 6. The van der Waals surface area contributed by atoms with Crippen molar-refractivity contribution in [2.24, 2.45) is 0 Å². The molecule has 0 radical (unpaired) electrons. The van der Waals surface area contributed by atoms with Crippen molar-refractivity contribution in [2.45, 2.75) is 25.7 Å². The fourth-order valence-electron chi connectivity index (χ4n) is 3.16. The number of sulfonamides is 1. The molecule has 8 nitrogen and oxygen atoms in total. The largest absolute Gasteiger partial charge is 0.490 e. The fraction of sp³-hybridized carbons (Fsp3) is 0.240. The van der Waals surface area contributed by atoms with Crippen LogP contribution in [-0.4, -0.2) is 34.1 Å². The number of ether oxygens (including phenoxy) is 3. The molecule has 0 spiro atoms. The molecule has 0 aliphatic rings. The van der Waals surface area contributed by atoms with Gasteiger partial charge in [0.15, 0.2) is 11.5 Å². The van der Waals surface area contributed by atoms with Gasteiger partial charge < -0.3 is 19.5 Å². The van der Waals surface area contributed by atoms with Crippen LogP contribution < -0.4 is 24.2 Å². The van der Waals surface area contributed by atoms with Crippen molar-refractivity contribution >= 4 is 27.3 Å². The number of rotatable bonds is 11. The molecule has 0 heterocycles. The van der Waals surface area contributed by atoms with Gasteiger partial charge in [0.1, 0.15) is 0 Å². The molecule has 0 bridgehead atoms. The monoisotopic (exact) mass is 484 g/mol. The van der Waals surface area contributed by atoms with E-state index in [4.69, 9.17) is 14.2 Å². The molecule has 180 valence electrons. The first-order valence-corrected chi connectivity index (χ1v) is 12.4. The Balaban J connectivity index is 1.80. The van der Waals surface area contributed by atoms with Gasteiger partial charge in [-0.2, -0.15) is 0 Å². The predicted octanol–water partition coefficient (Wildman–Crippen LogP) is 4.94. The van der Waals surface area contributed by atoms with Crippen LogP contribution in [0.2, 0.25) is 0 Å². The summed E-state index contributed by atoms with van der Waals surface area (Å²) in [5.41, 5.74) is 1.22. The number of hydrogen-bond donors (Lipinski definition) is 2. The third-order valence-electron chi connectivity index (χ3n) is 4.62. The molecule has 0 aromatic heterocycles. The Morgan fingerprint density at radius 3 is 1.85 bits per heavy atom. The minimum atomic E-state index is -3.75. The van der Waals surface area contributed by atoms with Crippen LogP contribution in [0, 0.1) is 0 Å². The Morgan fingerprint density at radius 1 is 0.765 bits per heavy atom. The molecule has 0 saturated carbocycles. The van der Waals surface area contributed by atoms with Gasteiger partial charge >= 0.3 is 0 Å². The van der Waals surface area contributed by atoms with Crippen LogP contribution >= 0.6 is 0 Å². The molecule has 0 aliphatic heterocycles. The van der Waals surface area contributed by atoms with Crippen LogP contribution in [0.1, 0.15) is 31.1 Å². The van der Waals surface area contributed by atoms with E-state index in [1.165, 1.54) is 24.3 Å². The highest BCUT2D eigenvalue weighted by atomic mass is 32.2. The minimum absolute atomic E-state index is 0.0766. The van der Waals surface area contributed by atoms with E-state index < -0.39 is 15.9 Å². The van der Waals surface area contributed by atoms with Crippen LogP contribution in [-0.2, 0) is 10.0 Å². The summed E-state index contributed by atoms with van der Waals surface area (Å²) in [6.07, 6.45) is 0. The molecular formula is C25H28N2O6S. The highest BCUT2D eigenvalue weighted by Gasteiger charge is 2.19. The number of carbonyl (C=O) groups is 1. The molecule has 3 aromatic carbocycles. The molecular weight excluding hydrogens is 456 g/mol. The average Bonchev–Trinajstić information content (AvgIpc) is 2.82. The number of carbonyl (C=O) groups excluding carboxylic acids is 1. The van der Waals surface area contributed by atoms with Crippen LogP contribution in [0.3, 0.4) is 0 Å². The standard InChI is InChI=1S/C25H28N2O6S/c1-4-31-22-16-18(17-23(32-5-2)24(22)33-6-3)25(28)26-19-12-14-21(15-13-19)34(29,30)27-20-10-8-7-9-11-20/h7-17,27H,4-6H2,1-3H3,(H,26,28). The Kier molecular flexibility index (Phi) is 8.37. The molecule has 0 unspecified atom stereocenters. The van der Waals surface area contributed by atoms with Gasteiger partial charge in [-0.3, -0.25) is 9.52 Å². The van der Waals surface area contributed by atoms with Crippen molar-refractivity contribution in [2.75, 3.05) is 29.9 Å². The quantitative estimate of drug-likeness (QED) is 0.400. The first kappa shape index (κ1) is 24.9. The summed E-state index contributed by atoms with van der Waals surface area (Å²) in [5.74, 6) is 0.869. The molecule has 34 heavy (non-hydrogen) atoms. The lowest BCUT2D eigenvalue weighted by Crippen LogP contribution is -2.15. The predicted molar refractivity (Wildman–Crippen MR) is 132 cm³/mol. The summed E-state index contributed by atoms with van der Waals surface area (Å²) in [5, 5.41) is 2.77. The molecule has 0 aliphatic carbocycles. The van der Waals surface area contributed by atoms with E-state index in [1.54, 1.807) is 42.5 Å². The molecule has 3 aromatic rings. The van der Waals surface area contributed by atoms with Crippen molar-refractivity contribution in [3.8, 4) is 17.2 Å². The van der Waals surface area contributed by atoms with E-state index in [-0.39, 0.29) is 4.90 Å². The van der Waals surface area contributed by atoms with E-state index >= 15 is 0 Å². The zero-order valence-electron chi connectivity index (χ0n) is 19.3. The molecule has 0 fully saturated rings. The molecule has 2 N–H and O–H groups in total. The summed E-state index contributed by atoms with van der Waals surface area (Å²) >= 11 is 0. The van der Waals surface area contributed by atoms with Crippen LogP contribution in [0.4, 0.5) is 11.4 Å². The third-order valence-corrected chi connectivity index (χ3v) is 6.02. The highest BCUT2D eigenvalue weighted by molar-refractivity contribution is 7.92. The number of benzene rings is 3. The lowest BCUT2D eigenvalue weighted by molar-refractivity contribution is 0.102. The minimum Gasteiger partial charge on any atom is -0.490 e. The Bertz CT molecular complexity index is 1180. The molecule has 1 amide bonds. The van der Waals surface area contributed by atoms with E-state index in [0.29, 0.717) is 54.0 Å². The highest BCUT2D eigenvalue weighted by Crippen LogP contribution is 2.39. The lowest BCUT2D eigenvalue weighted by Gasteiger charge is -2.17. The van der Waals surface area contributed by atoms with Crippen molar-refractivity contribution in [3.05, 3.63) is 72.3 Å². The van der Waals surface area contributed by atoms with Crippen LogP contribution in [0.5, 0.6) is 17.2 Å². The summed E-state index contributed by atoms with van der Waals surface area (Å²) in [7, 11) is -3.75.